The van der Waals surface area contributed by atoms with Gasteiger partial charge in [0.1, 0.15) is 17.8 Å². The third kappa shape index (κ3) is 10.2. The highest BCUT2D eigenvalue weighted by Crippen LogP contribution is 2.29. The largest absolute Gasteiger partial charge is 0.482 e. The standard InChI is InChI=1S/C31H34F6N6O3S/c1-4-42-11-9-26(47-19(2)15-42)41-29(45)22-12-20(13-24-27(22)40-18-43(24)16-30(32,33)34)6-5-10-39-23-8-7-21(28(44)38-3)14-25(23)46-17-31(35,36)37/h7-8,12-14,18-19,26,39H,4,9-11,15-17H2,1-3H3,(H,38,44)(H,41,45)/t19-,26+/m0/s1. The van der Waals surface area contributed by atoms with E-state index in [-0.39, 0.29) is 56.3 Å². The van der Waals surface area contributed by atoms with Gasteiger partial charge in [0, 0.05) is 36.5 Å². The molecule has 3 N–H and O–H groups in total. The molecule has 1 aliphatic rings. The van der Waals surface area contributed by atoms with E-state index in [0.717, 1.165) is 36.6 Å². The Labute approximate surface area is 271 Å². The molecule has 0 unspecified atom stereocenters. The number of benzene rings is 2. The monoisotopic (exact) mass is 684 g/mol. The number of halogens is 6. The molecule has 0 spiro atoms. The van der Waals surface area contributed by atoms with E-state index in [4.69, 9.17) is 4.74 Å². The van der Waals surface area contributed by atoms with Crippen LogP contribution in [0.25, 0.3) is 11.0 Å². The number of thioether (sulfide) groups is 1. The molecule has 1 fully saturated rings. The lowest BCUT2D eigenvalue weighted by Gasteiger charge is -2.19. The molecule has 0 bridgehead atoms. The second-order valence-corrected chi connectivity index (χ2v) is 12.5. The van der Waals surface area contributed by atoms with Crippen LogP contribution in [0.1, 0.15) is 46.5 Å². The van der Waals surface area contributed by atoms with Crippen molar-refractivity contribution in [3.8, 4) is 17.6 Å². The molecule has 3 aromatic rings. The first-order chi connectivity index (χ1) is 22.2. The minimum atomic E-state index is -4.62. The van der Waals surface area contributed by atoms with Gasteiger partial charge in [0.15, 0.2) is 6.61 Å². The number of nitrogens with one attached hydrogen (secondary N) is 3. The quantitative estimate of drug-likeness (QED) is 0.209. The van der Waals surface area contributed by atoms with Crippen molar-refractivity contribution in [1.29, 1.82) is 0 Å². The van der Waals surface area contributed by atoms with Crippen LogP contribution >= 0.6 is 11.8 Å². The van der Waals surface area contributed by atoms with Crippen molar-refractivity contribution in [3.05, 3.63) is 53.3 Å². The molecule has 254 valence electrons. The summed E-state index contributed by atoms with van der Waals surface area (Å²) in [6, 6.07) is 6.77. The number of amides is 2. The topological polar surface area (TPSA) is 101 Å². The van der Waals surface area contributed by atoms with Crippen molar-refractivity contribution in [2.75, 3.05) is 45.2 Å². The van der Waals surface area contributed by atoms with Crippen LogP contribution in [0.3, 0.4) is 0 Å². The van der Waals surface area contributed by atoms with E-state index in [1.165, 1.54) is 31.3 Å². The normalized spacial score (nSPS) is 17.4. The number of hydrogen-bond acceptors (Lipinski definition) is 7. The van der Waals surface area contributed by atoms with Gasteiger partial charge in [-0.1, -0.05) is 25.7 Å². The van der Waals surface area contributed by atoms with Crippen molar-refractivity contribution >= 4 is 40.3 Å². The van der Waals surface area contributed by atoms with Crippen molar-refractivity contribution in [2.24, 2.45) is 0 Å². The Morgan fingerprint density at radius 2 is 1.87 bits per heavy atom. The molecule has 9 nitrogen and oxygen atoms in total. The minimum Gasteiger partial charge on any atom is -0.482 e. The van der Waals surface area contributed by atoms with Gasteiger partial charge in [-0.2, -0.15) is 26.3 Å². The SMILES string of the molecule is CCN1CC[C@H](NC(=O)c2cc(C#CCNc3ccc(C(=O)NC)cc3OCC(F)(F)F)cc3c2ncn3CC(F)(F)F)S[C@@H](C)C1. The fourth-order valence-corrected chi connectivity index (χ4v) is 6.28. The zero-order valence-corrected chi connectivity index (χ0v) is 26.6. The first-order valence-corrected chi connectivity index (χ1v) is 15.6. The summed E-state index contributed by atoms with van der Waals surface area (Å²) in [6.07, 6.45) is -7.45. The van der Waals surface area contributed by atoms with Crippen LogP contribution in [0, 0.1) is 11.8 Å². The average Bonchev–Trinajstić information content (AvgIpc) is 3.29. The first-order valence-electron chi connectivity index (χ1n) is 14.7. The highest BCUT2D eigenvalue weighted by molar-refractivity contribution is 8.00. The number of nitrogens with zero attached hydrogens (tertiary/aromatic N) is 3. The fourth-order valence-electron chi connectivity index (χ4n) is 5.01. The maximum Gasteiger partial charge on any atom is 0.422 e. The van der Waals surface area contributed by atoms with Gasteiger partial charge in [0.25, 0.3) is 11.8 Å². The molecule has 0 saturated carbocycles. The molecular formula is C31H34F6N6O3S. The lowest BCUT2D eigenvalue weighted by molar-refractivity contribution is -0.153. The van der Waals surface area contributed by atoms with Crippen molar-refractivity contribution in [1.82, 2.24) is 25.1 Å². The predicted molar refractivity (Wildman–Crippen MR) is 168 cm³/mol. The van der Waals surface area contributed by atoms with Gasteiger partial charge in [0.05, 0.1) is 35.0 Å². The molecule has 1 aliphatic heterocycles. The molecule has 16 heteroatoms. The molecule has 1 saturated heterocycles. The van der Waals surface area contributed by atoms with Gasteiger partial charge >= 0.3 is 12.4 Å². The van der Waals surface area contributed by atoms with Gasteiger partial charge in [-0.3, -0.25) is 9.59 Å². The van der Waals surface area contributed by atoms with Crippen molar-refractivity contribution in [2.45, 2.75) is 49.8 Å². The van der Waals surface area contributed by atoms with Crippen molar-refractivity contribution < 1.29 is 40.7 Å². The number of carbonyl (C=O) groups excluding carboxylic acids is 2. The lowest BCUT2D eigenvalue weighted by Crippen LogP contribution is -2.34. The number of rotatable bonds is 9. The molecule has 1 aromatic heterocycles. The summed E-state index contributed by atoms with van der Waals surface area (Å²) in [4.78, 5) is 31.9. The van der Waals surface area contributed by atoms with Gasteiger partial charge in [0.2, 0.25) is 0 Å². The lowest BCUT2D eigenvalue weighted by atomic mass is 10.1. The number of carbonyl (C=O) groups is 2. The van der Waals surface area contributed by atoms with Crippen LogP contribution in [0.15, 0.2) is 36.7 Å². The molecule has 4 rings (SSSR count). The van der Waals surface area contributed by atoms with E-state index >= 15 is 0 Å². The summed E-state index contributed by atoms with van der Waals surface area (Å²) in [6.45, 7) is 3.64. The predicted octanol–water partition coefficient (Wildman–Crippen LogP) is 5.27. The van der Waals surface area contributed by atoms with E-state index in [9.17, 15) is 35.9 Å². The van der Waals surface area contributed by atoms with E-state index in [1.807, 2.05) is 0 Å². The van der Waals surface area contributed by atoms with Crippen LogP contribution in [0.5, 0.6) is 5.75 Å². The zero-order valence-electron chi connectivity index (χ0n) is 25.8. The second kappa shape index (κ2) is 15.2. The Kier molecular flexibility index (Phi) is 11.6. The summed E-state index contributed by atoms with van der Waals surface area (Å²) in [7, 11) is 1.37. The summed E-state index contributed by atoms with van der Waals surface area (Å²) in [5.74, 6) is 4.36. The van der Waals surface area contributed by atoms with Crippen LogP contribution in [-0.2, 0) is 6.54 Å². The number of imidazole rings is 1. The Balaban J connectivity index is 1.60. The first kappa shape index (κ1) is 35.7. The molecule has 2 aromatic carbocycles. The number of fused-ring (bicyclic) bond motifs is 1. The molecule has 2 amide bonds. The fraction of sp³-hybridized carbons (Fsp3) is 0.452. The van der Waals surface area contributed by atoms with Crippen LogP contribution in [0.2, 0.25) is 0 Å². The summed E-state index contributed by atoms with van der Waals surface area (Å²) in [5.41, 5.74) is 0.676. The molecule has 47 heavy (non-hydrogen) atoms. The van der Waals surface area contributed by atoms with Crippen molar-refractivity contribution in [3.63, 3.8) is 0 Å². The number of ether oxygens (including phenoxy) is 1. The number of anilines is 1. The third-order valence-electron chi connectivity index (χ3n) is 7.14. The Hall–Kier alpha value is -4.10. The number of alkyl halides is 6. The summed E-state index contributed by atoms with van der Waals surface area (Å²) in [5, 5.41) is 8.25. The number of aromatic nitrogens is 2. The van der Waals surface area contributed by atoms with E-state index in [1.54, 1.807) is 11.8 Å². The highest BCUT2D eigenvalue weighted by Gasteiger charge is 2.31. The summed E-state index contributed by atoms with van der Waals surface area (Å²) >= 11 is 1.62. The van der Waals surface area contributed by atoms with E-state index < -0.39 is 37.3 Å². The maximum absolute atomic E-state index is 13.5. The van der Waals surface area contributed by atoms with Gasteiger partial charge in [-0.25, -0.2) is 4.98 Å². The zero-order chi connectivity index (χ0) is 34.4. The molecule has 2 heterocycles. The Morgan fingerprint density at radius 3 is 2.55 bits per heavy atom. The van der Waals surface area contributed by atoms with Gasteiger partial charge in [-0.15, -0.1) is 11.8 Å². The smallest absolute Gasteiger partial charge is 0.422 e. The van der Waals surface area contributed by atoms with E-state index in [0.29, 0.717) is 6.42 Å². The highest BCUT2D eigenvalue weighted by atomic mass is 32.2. The minimum absolute atomic E-state index is 0.0677. The van der Waals surface area contributed by atoms with Crippen LogP contribution < -0.4 is 20.7 Å². The second-order valence-electron chi connectivity index (χ2n) is 10.8. The average molecular weight is 685 g/mol. The molecule has 2 atom stereocenters. The molecule has 0 radical (unpaired) electrons. The van der Waals surface area contributed by atoms with E-state index in [2.05, 4.69) is 51.5 Å². The third-order valence-corrected chi connectivity index (χ3v) is 8.44. The Bertz CT molecular complexity index is 1650. The number of hydrogen-bond donors (Lipinski definition) is 3. The van der Waals surface area contributed by atoms with Crippen LogP contribution in [0.4, 0.5) is 32.0 Å². The molecule has 0 aliphatic carbocycles. The summed E-state index contributed by atoms with van der Waals surface area (Å²) < 4.78 is 84.3. The Morgan fingerprint density at radius 1 is 1.11 bits per heavy atom. The molecular weight excluding hydrogens is 650 g/mol. The van der Waals surface area contributed by atoms with Gasteiger partial charge in [-0.05, 0) is 43.3 Å². The van der Waals surface area contributed by atoms with Crippen LogP contribution in [-0.4, -0.2) is 89.1 Å². The maximum atomic E-state index is 13.5. The van der Waals surface area contributed by atoms with Gasteiger partial charge < -0.3 is 30.2 Å².